The molecule has 0 fully saturated rings. The molecular weight excluding hydrogens is 250 g/mol. The Hall–Kier alpha value is -1.86. The largest absolute Gasteiger partial charge is 0.500 e. The van der Waals surface area contributed by atoms with Crippen LogP contribution < -0.4 is 15.8 Å². The van der Waals surface area contributed by atoms with Crippen LogP contribution in [0.4, 0.5) is 5.69 Å². The number of aromatic hydroxyl groups is 1. The molecule has 0 spiro atoms. The third-order valence-electron chi connectivity index (χ3n) is 2.71. The summed E-state index contributed by atoms with van der Waals surface area (Å²) in [5.41, 5.74) is 5.77. The lowest BCUT2D eigenvalue weighted by Gasteiger charge is -2.14. The number of nitro benzene ring substituents is 1. The Kier molecular flexibility index (Phi) is 5.53. The number of nitrogens with zero attached hydrogens (tertiary/aromatic N) is 1. The number of benzene rings is 1. The van der Waals surface area contributed by atoms with Crippen LogP contribution in [0.2, 0.25) is 0 Å². The summed E-state index contributed by atoms with van der Waals surface area (Å²) in [5, 5.41) is 23.7. The van der Waals surface area contributed by atoms with E-state index in [-0.39, 0.29) is 17.5 Å². The highest BCUT2D eigenvalue weighted by Crippen LogP contribution is 2.37. The zero-order chi connectivity index (χ0) is 14.4. The quantitative estimate of drug-likeness (QED) is 0.498. The van der Waals surface area contributed by atoms with Crippen molar-refractivity contribution in [2.75, 3.05) is 20.2 Å². The molecule has 0 saturated heterocycles. The highest BCUT2D eigenvalue weighted by molar-refractivity contribution is 5.57. The van der Waals surface area contributed by atoms with Crippen LogP contribution in [0, 0.1) is 10.1 Å². The minimum absolute atomic E-state index is 0.107. The molecule has 0 radical (unpaired) electrons. The average molecular weight is 269 g/mol. The average Bonchev–Trinajstić information content (AvgIpc) is 2.37. The van der Waals surface area contributed by atoms with Crippen LogP contribution in [-0.2, 0) is 6.42 Å². The monoisotopic (exact) mass is 269 g/mol. The summed E-state index contributed by atoms with van der Waals surface area (Å²) in [6, 6.07) is 3.08. The number of ether oxygens (including phenoxy) is 1. The molecule has 1 atom stereocenters. The van der Waals surface area contributed by atoms with E-state index in [4.69, 9.17) is 10.5 Å². The van der Waals surface area contributed by atoms with Crippen LogP contribution in [-0.4, -0.2) is 36.3 Å². The second-order valence-corrected chi connectivity index (χ2v) is 4.27. The first-order valence-corrected chi connectivity index (χ1v) is 5.97. The van der Waals surface area contributed by atoms with Gasteiger partial charge in [-0.15, -0.1) is 0 Å². The normalized spacial score (nSPS) is 12.2. The van der Waals surface area contributed by atoms with Crippen molar-refractivity contribution in [3.05, 3.63) is 27.8 Å². The summed E-state index contributed by atoms with van der Waals surface area (Å²) >= 11 is 0. The molecule has 0 heterocycles. The number of hydrogen-bond acceptors (Lipinski definition) is 6. The van der Waals surface area contributed by atoms with Gasteiger partial charge in [0.05, 0.1) is 12.0 Å². The summed E-state index contributed by atoms with van der Waals surface area (Å²) in [5.74, 6) is -0.339. The van der Waals surface area contributed by atoms with Crippen molar-refractivity contribution in [1.29, 1.82) is 0 Å². The lowest BCUT2D eigenvalue weighted by molar-refractivity contribution is -0.386. The van der Waals surface area contributed by atoms with Crippen molar-refractivity contribution >= 4 is 5.69 Å². The third kappa shape index (κ3) is 4.08. The lowest BCUT2D eigenvalue weighted by atomic mass is 10.1. The fourth-order valence-corrected chi connectivity index (χ4v) is 1.82. The number of phenols is 1. The van der Waals surface area contributed by atoms with Crippen molar-refractivity contribution in [2.45, 2.75) is 19.4 Å². The number of hydrogen-bond donors (Lipinski definition) is 3. The minimum Gasteiger partial charge on any atom is -0.500 e. The van der Waals surface area contributed by atoms with E-state index in [2.05, 4.69) is 5.32 Å². The SMILES string of the molecule is COc1cc(CC(C)NCCN)cc([N+](=O)[O-])c1O. The van der Waals surface area contributed by atoms with Gasteiger partial charge in [-0.3, -0.25) is 10.1 Å². The Bertz CT molecular complexity index is 451. The fourth-order valence-electron chi connectivity index (χ4n) is 1.82. The molecule has 0 aliphatic rings. The van der Waals surface area contributed by atoms with Gasteiger partial charge >= 0.3 is 5.69 Å². The summed E-state index contributed by atoms with van der Waals surface area (Å²) < 4.78 is 4.94. The van der Waals surface area contributed by atoms with Gasteiger partial charge in [-0.2, -0.15) is 0 Å². The van der Waals surface area contributed by atoms with Crippen molar-refractivity contribution in [1.82, 2.24) is 5.32 Å². The van der Waals surface area contributed by atoms with Crippen LogP contribution in [0.3, 0.4) is 0 Å². The van der Waals surface area contributed by atoms with Gasteiger partial charge in [0.25, 0.3) is 0 Å². The van der Waals surface area contributed by atoms with Gasteiger partial charge in [-0.25, -0.2) is 0 Å². The first-order chi connectivity index (χ1) is 8.99. The molecule has 0 aliphatic carbocycles. The second-order valence-electron chi connectivity index (χ2n) is 4.27. The van der Waals surface area contributed by atoms with Gasteiger partial charge < -0.3 is 20.9 Å². The molecule has 106 valence electrons. The summed E-state index contributed by atoms with van der Waals surface area (Å²) in [4.78, 5) is 10.2. The van der Waals surface area contributed by atoms with Crippen LogP contribution in [0.15, 0.2) is 12.1 Å². The number of nitrogens with one attached hydrogen (secondary N) is 1. The van der Waals surface area contributed by atoms with Gasteiger partial charge in [-0.05, 0) is 25.0 Å². The second kappa shape index (κ2) is 6.91. The van der Waals surface area contributed by atoms with E-state index >= 15 is 0 Å². The van der Waals surface area contributed by atoms with E-state index in [1.165, 1.54) is 13.2 Å². The van der Waals surface area contributed by atoms with Crippen molar-refractivity contribution in [3.8, 4) is 11.5 Å². The van der Waals surface area contributed by atoms with Crippen molar-refractivity contribution in [2.24, 2.45) is 5.73 Å². The Morgan fingerprint density at radius 1 is 1.58 bits per heavy atom. The summed E-state index contributed by atoms with van der Waals surface area (Å²) in [6.07, 6.45) is 0.581. The molecule has 0 aromatic heterocycles. The number of methoxy groups -OCH3 is 1. The Morgan fingerprint density at radius 3 is 2.79 bits per heavy atom. The van der Waals surface area contributed by atoms with E-state index in [9.17, 15) is 15.2 Å². The van der Waals surface area contributed by atoms with Gasteiger partial charge in [0.15, 0.2) is 5.75 Å². The van der Waals surface area contributed by atoms with Crippen LogP contribution in [0.25, 0.3) is 0 Å². The molecule has 0 bridgehead atoms. The number of nitro groups is 1. The molecule has 19 heavy (non-hydrogen) atoms. The summed E-state index contributed by atoms with van der Waals surface area (Å²) in [6.45, 7) is 3.17. The third-order valence-corrected chi connectivity index (χ3v) is 2.71. The zero-order valence-electron chi connectivity index (χ0n) is 11.0. The molecular formula is C12H19N3O4. The predicted octanol–water partition coefficient (Wildman–Crippen LogP) is 0.788. The topological polar surface area (TPSA) is 111 Å². The van der Waals surface area contributed by atoms with Crippen molar-refractivity contribution in [3.63, 3.8) is 0 Å². The number of phenolic OH excluding ortho intramolecular Hbond substituents is 1. The number of nitrogens with two attached hydrogens (primary N) is 1. The van der Waals surface area contributed by atoms with Crippen LogP contribution in [0.1, 0.15) is 12.5 Å². The summed E-state index contributed by atoms with van der Waals surface area (Å²) in [7, 11) is 1.36. The van der Waals surface area contributed by atoms with Crippen LogP contribution in [0.5, 0.6) is 11.5 Å². The smallest absolute Gasteiger partial charge is 0.314 e. The molecule has 1 aromatic carbocycles. The molecule has 7 nitrogen and oxygen atoms in total. The van der Waals surface area contributed by atoms with Gasteiger partial charge in [-0.1, -0.05) is 0 Å². The maximum absolute atomic E-state index is 10.9. The van der Waals surface area contributed by atoms with Gasteiger partial charge in [0.2, 0.25) is 5.75 Å². The highest BCUT2D eigenvalue weighted by atomic mass is 16.6. The van der Waals surface area contributed by atoms with E-state index < -0.39 is 10.7 Å². The van der Waals surface area contributed by atoms with Gasteiger partial charge in [0.1, 0.15) is 0 Å². The zero-order valence-corrected chi connectivity index (χ0v) is 11.0. The maximum Gasteiger partial charge on any atom is 0.314 e. The molecule has 0 aliphatic heterocycles. The Balaban J connectivity index is 2.95. The Morgan fingerprint density at radius 2 is 2.26 bits per heavy atom. The van der Waals surface area contributed by atoms with E-state index in [0.717, 1.165) is 5.56 Å². The lowest BCUT2D eigenvalue weighted by Crippen LogP contribution is -2.32. The first kappa shape index (κ1) is 15.2. The Labute approximate surface area is 111 Å². The maximum atomic E-state index is 10.9. The molecule has 4 N–H and O–H groups in total. The molecule has 0 amide bonds. The standard InChI is InChI=1S/C12H19N3O4/c1-8(14-4-3-13)5-9-6-10(15(17)18)12(16)11(7-9)19-2/h6-8,14,16H,3-5,13H2,1-2H3. The first-order valence-electron chi connectivity index (χ1n) is 5.97. The molecule has 1 unspecified atom stereocenters. The van der Waals surface area contributed by atoms with E-state index in [1.807, 2.05) is 6.92 Å². The number of rotatable bonds is 7. The van der Waals surface area contributed by atoms with Gasteiger partial charge in [0, 0.05) is 25.2 Å². The van der Waals surface area contributed by atoms with Crippen molar-refractivity contribution < 1.29 is 14.8 Å². The van der Waals surface area contributed by atoms with E-state index in [1.54, 1.807) is 6.07 Å². The molecule has 1 rings (SSSR count). The molecule has 7 heteroatoms. The molecule has 1 aromatic rings. The fraction of sp³-hybridized carbons (Fsp3) is 0.500. The molecule has 0 saturated carbocycles. The van der Waals surface area contributed by atoms with Crippen LogP contribution >= 0.6 is 0 Å². The van der Waals surface area contributed by atoms with E-state index in [0.29, 0.717) is 19.5 Å². The predicted molar refractivity (Wildman–Crippen MR) is 71.5 cm³/mol. The minimum atomic E-state index is -0.626. The highest BCUT2D eigenvalue weighted by Gasteiger charge is 2.20.